The SMILES string of the molecule is CCC(N)C(C[C@H](C)C/C=C(/N=C/c1ccc(-c2ccccc2)cc1)c1ccc2c(c1)oc1cc(-c3cc4c(cc3-n3c5ccccc5c5cc(-c6ccccc6)ccc53)oc3ccccc34)ccc12)c1ccccc1. The average Bonchev–Trinajstić information content (AvgIpc) is 4.19. The zero-order valence-corrected chi connectivity index (χ0v) is 42.7. The van der Waals surface area contributed by atoms with Gasteiger partial charge in [-0.15, -0.1) is 0 Å². The molecule has 10 aromatic carbocycles. The number of furan rings is 2. The van der Waals surface area contributed by atoms with Crippen LogP contribution in [-0.4, -0.2) is 16.8 Å². The fourth-order valence-corrected chi connectivity index (χ4v) is 11.5. The molecule has 0 radical (unpaired) electrons. The zero-order chi connectivity index (χ0) is 51.1. The van der Waals surface area contributed by atoms with Crippen molar-refractivity contribution in [2.45, 2.75) is 45.1 Å². The van der Waals surface area contributed by atoms with E-state index >= 15 is 0 Å². The molecule has 3 atom stereocenters. The molecule has 0 aliphatic carbocycles. The van der Waals surface area contributed by atoms with Gasteiger partial charge in [-0.3, -0.25) is 4.99 Å². The number of benzene rings is 10. The molecule has 2 N–H and O–H groups in total. The van der Waals surface area contributed by atoms with Crippen LogP contribution < -0.4 is 5.73 Å². The second-order valence-corrected chi connectivity index (χ2v) is 20.4. The summed E-state index contributed by atoms with van der Waals surface area (Å²) >= 11 is 0. The number of allylic oxidation sites excluding steroid dienone is 1. The molecule has 0 saturated heterocycles. The Bertz CT molecular complexity index is 4290. The van der Waals surface area contributed by atoms with Gasteiger partial charge in [-0.1, -0.05) is 190 Å². The number of aromatic nitrogens is 1. The Morgan fingerprint density at radius 2 is 1.08 bits per heavy atom. The summed E-state index contributed by atoms with van der Waals surface area (Å²) in [5, 5.41) is 6.67. The molecule has 0 bridgehead atoms. The summed E-state index contributed by atoms with van der Waals surface area (Å²) in [5.41, 5.74) is 24.6. The van der Waals surface area contributed by atoms with E-state index in [-0.39, 0.29) is 12.0 Å². The highest BCUT2D eigenvalue weighted by atomic mass is 16.3. The van der Waals surface area contributed by atoms with E-state index in [1.165, 1.54) is 38.6 Å². The number of nitrogens with zero attached hydrogens (tertiary/aromatic N) is 2. The first-order valence-electron chi connectivity index (χ1n) is 26.7. The van der Waals surface area contributed by atoms with E-state index in [2.05, 4.69) is 243 Å². The molecule has 5 nitrogen and oxygen atoms in total. The highest BCUT2D eigenvalue weighted by Gasteiger charge is 2.23. The summed E-state index contributed by atoms with van der Waals surface area (Å²) in [7, 11) is 0. The van der Waals surface area contributed by atoms with Crippen molar-refractivity contribution < 1.29 is 8.83 Å². The highest BCUT2D eigenvalue weighted by molar-refractivity contribution is 6.13. The molecule has 0 fully saturated rings. The number of aliphatic imine (C=N–C) groups is 1. The molecule has 0 amide bonds. The molecule has 5 heteroatoms. The second kappa shape index (κ2) is 20.0. The van der Waals surface area contributed by atoms with Crippen LogP contribution in [0.4, 0.5) is 0 Å². The maximum absolute atomic E-state index is 6.94. The summed E-state index contributed by atoms with van der Waals surface area (Å²) in [4.78, 5) is 5.24. The van der Waals surface area contributed by atoms with E-state index in [9.17, 15) is 0 Å². The summed E-state index contributed by atoms with van der Waals surface area (Å²) < 4.78 is 16.0. The Morgan fingerprint density at radius 1 is 0.500 bits per heavy atom. The molecular formula is C71H57N3O2. The van der Waals surface area contributed by atoms with Crippen molar-refractivity contribution in [1.82, 2.24) is 4.57 Å². The summed E-state index contributed by atoms with van der Waals surface area (Å²) in [6.07, 6.45) is 7.04. The van der Waals surface area contributed by atoms with Crippen molar-refractivity contribution in [1.29, 1.82) is 0 Å². The van der Waals surface area contributed by atoms with Gasteiger partial charge in [0, 0.05) is 61.8 Å². The zero-order valence-electron chi connectivity index (χ0n) is 42.7. The van der Waals surface area contributed by atoms with Crippen molar-refractivity contribution in [3.8, 4) is 39.1 Å². The van der Waals surface area contributed by atoms with Crippen LogP contribution in [0.1, 0.15) is 55.7 Å². The molecule has 3 heterocycles. The van der Waals surface area contributed by atoms with E-state index < -0.39 is 0 Å². The lowest BCUT2D eigenvalue weighted by atomic mass is 9.82. The minimum absolute atomic E-state index is 0.0866. The fraction of sp³-hybridized carbons (Fsp3) is 0.113. The van der Waals surface area contributed by atoms with Gasteiger partial charge in [0.1, 0.15) is 22.3 Å². The predicted octanol–water partition coefficient (Wildman–Crippen LogP) is 19.0. The van der Waals surface area contributed by atoms with E-state index in [1.54, 1.807) is 0 Å². The lowest BCUT2D eigenvalue weighted by Crippen LogP contribution is -2.28. The second-order valence-electron chi connectivity index (χ2n) is 20.4. The minimum Gasteiger partial charge on any atom is -0.456 e. The number of para-hydroxylation sites is 2. The van der Waals surface area contributed by atoms with Gasteiger partial charge in [-0.2, -0.15) is 0 Å². The maximum Gasteiger partial charge on any atom is 0.137 e. The van der Waals surface area contributed by atoms with Gasteiger partial charge in [0.05, 0.1) is 22.4 Å². The minimum atomic E-state index is 0.0866. The molecule has 76 heavy (non-hydrogen) atoms. The van der Waals surface area contributed by atoms with Crippen molar-refractivity contribution in [3.05, 3.63) is 253 Å². The average molecular weight is 984 g/mol. The summed E-state index contributed by atoms with van der Waals surface area (Å²) in [6.45, 7) is 4.52. The molecule has 0 spiro atoms. The number of rotatable bonds is 14. The lowest BCUT2D eigenvalue weighted by Gasteiger charge is -2.26. The van der Waals surface area contributed by atoms with Crippen molar-refractivity contribution in [2.75, 3.05) is 0 Å². The Morgan fingerprint density at radius 3 is 1.84 bits per heavy atom. The molecule has 13 rings (SSSR count). The molecule has 0 saturated carbocycles. The van der Waals surface area contributed by atoms with Gasteiger partial charge >= 0.3 is 0 Å². The van der Waals surface area contributed by atoms with E-state index in [0.29, 0.717) is 5.92 Å². The van der Waals surface area contributed by atoms with Crippen LogP contribution in [-0.2, 0) is 0 Å². The lowest BCUT2D eigenvalue weighted by molar-refractivity contribution is 0.409. The molecule has 3 aromatic heterocycles. The smallest absolute Gasteiger partial charge is 0.137 e. The summed E-state index contributed by atoms with van der Waals surface area (Å²) in [5.74, 6) is 0.638. The number of hydrogen-bond donors (Lipinski definition) is 1. The number of nitrogens with two attached hydrogens (primary N) is 1. The Labute approximate surface area is 442 Å². The third-order valence-corrected chi connectivity index (χ3v) is 15.6. The Kier molecular flexibility index (Phi) is 12.3. The number of hydrogen-bond acceptors (Lipinski definition) is 4. The predicted molar refractivity (Wildman–Crippen MR) is 320 cm³/mol. The van der Waals surface area contributed by atoms with Gasteiger partial charge in [0.25, 0.3) is 0 Å². The van der Waals surface area contributed by atoms with Crippen LogP contribution >= 0.6 is 0 Å². The summed E-state index contributed by atoms with van der Waals surface area (Å²) in [6, 6.07) is 82.2. The van der Waals surface area contributed by atoms with Crippen LogP contribution in [0.15, 0.2) is 250 Å². The van der Waals surface area contributed by atoms with Gasteiger partial charge in [-0.05, 0) is 125 Å². The van der Waals surface area contributed by atoms with Gasteiger partial charge < -0.3 is 19.1 Å². The van der Waals surface area contributed by atoms with Crippen LogP contribution in [0.25, 0.3) is 110 Å². The molecule has 368 valence electrons. The normalized spacial score (nSPS) is 13.5. The number of fused-ring (bicyclic) bond motifs is 9. The first kappa shape index (κ1) is 46.7. The van der Waals surface area contributed by atoms with E-state index in [4.69, 9.17) is 19.6 Å². The third-order valence-electron chi connectivity index (χ3n) is 15.6. The standard InChI is InChI=1S/C71H57N3O2/c1-3-63(72)59(51-21-11-6-12-22-51)39-46(2)27-37-64(73-45-47-28-30-50(31-29-47)48-17-7-4-8-18-48)54-33-36-58-57-35-32-53(41-69(57)76-70(58)42-54)60-43-62-56-24-14-16-26-68(56)75-71(62)44-67(60)74-65-25-15-13-23-55(65)61-40-52(34-38-66(61)74)49-19-9-5-10-20-49/h4-26,28-38,40-46,59,63H,3,27,39,72H2,1-2H3/b64-37+,73-45+/t46-,59?,63?/m1/s1. The van der Waals surface area contributed by atoms with Crippen LogP contribution in [0.3, 0.4) is 0 Å². The Balaban J connectivity index is 0.905. The quantitative estimate of drug-likeness (QED) is 0.110. The van der Waals surface area contributed by atoms with Gasteiger partial charge in [-0.25, -0.2) is 0 Å². The molecule has 2 unspecified atom stereocenters. The van der Waals surface area contributed by atoms with Crippen molar-refractivity contribution in [3.63, 3.8) is 0 Å². The van der Waals surface area contributed by atoms with Crippen molar-refractivity contribution >= 4 is 77.6 Å². The fourth-order valence-electron chi connectivity index (χ4n) is 11.5. The largest absolute Gasteiger partial charge is 0.456 e. The highest BCUT2D eigenvalue weighted by Crippen LogP contribution is 2.43. The van der Waals surface area contributed by atoms with Crippen LogP contribution in [0.2, 0.25) is 0 Å². The maximum atomic E-state index is 6.94. The third kappa shape index (κ3) is 8.78. The van der Waals surface area contributed by atoms with E-state index in [0.717, 1.165) is 108 Å². The van der Waals surface area contributed by atoms with Crippen LogP contribution in [0, 0.1) is 5.92 Å². The van der Waals surface area contributed by atoms with Crippen molar-refractivity contribution in [2.24, 2.45) is 16.6 Å². The molecular weight excluding hydrogens is 927 g/mol. The Hall–Kier alpha value is -9.03. The van der Waals surface area contributed by atoms with E-state index in [1.807, 2.05) is 18.3 Å². The van der Waals surface area contributed by atoms with Gasteiger partial charge in [0.2, 0.25) is 0 Å². The molecule has 0 aliphatic heterocycles. The van der Waals surface area contributed by atoms with Crippen LogP contribution in [0.5, 0.6) is 0 Å². The first-order valence-corrected chi connectivity index (χ1v) is 26.7. The van der Waals surface area contributed by atoms with Gasteiger partial charge in [0.15, 0.2) is 0 Å². The molecule has 0 aliphatic rings. The molecule has 13 aromatic rings. The first-order chi connectivity index (χ1) is 37.4. The monoisotopic (exact) mass is 983 g/mol. The topological polar surface area (TPSA) is 69.6 Å².